The third kappa shape index (κ3) is 3.60. The molecule has 132 valence electrons. The molecule has 0 unspecified atom stereocenters. The average molecular weight is 349 g/mol. The summed E-state index contributed by atoms with van der Waals surface area (Å²) >= 11 is 0. The summed E-state index contributed by atoms with van der Waals surface area (Å²) in [4.78, 5) is 3.03. The quantitative estimate of drug-likeness (QED) is 0.842. The van der Waals surface area contributed by atoms with Crippen LogP contribution in [-0.4, -0.2) is 28.1 Å². The molecule has 0 radical (unpaired) electrons. The molecule has 0 aliphatic heterocycles. The van der Waals surface area contributed by atoms with Gasteiger partial charge in [0.25, 0.3) is 0 Å². The molecule has 3 rings (SSSR count). The fourth-order valence-corrected chi connectivity index (χ4v) is 3.17. The van der Waals surface area contributed by atoms with Gasteiger partial charge in [0.2, 0.25) is 5.69 Å². The van der Waals surface area contributed by atoms with E-state index in [-0.39, 0.29) is 17.4 Å². The molecule has 5 nitrogen and oxygen atoms in total. The summed E-state index contributed by atoms with van der Waals surface area (Å²) in [6, 6.07) is 7.02. The van der Waals surface area contributed by atoms with Gasteiger partial charge in [-0.2, -0.15) is 18.4 Å². The lowest BCUT2D eigenvalue weighted by molar-refractivity contribution is -0.137. The molecule has 0 atom stereocenters. The number of nitriles is 1. The number of nitrogens with zero attached hydrogens (tertiary/aromatic N) is 5. The number of halogens is 3. The Hall–Kier alpha value is -2.56. The summed E-state index contributed by atoms with van der Waals surface area (Å²) in [5.74, 6) is 0.409. The first kappa shape index (κ1) is 17.3. The van der Waals surface area contributed by atoms with E-state index < -0.39 is 11.7 Å². The van der Waals surface area contributed by atoms with Crippen LogP contribution >= 0.6 is 0 Å². The number of hydrogen-bond donors (Lipinski definition) is 0. The summed E-state index contributed by atoms with van der Waals surface area (Å²) in [5, 5.41) is 17.7. The second-order valence-corrected chi connectivity index (χ2v) is 6.22. The van der Waals surface area contributed by atoms with Gasteiger partial charge in [-0.3, -0.25) is 0 Å². The smallest absolute Gasteiger partial charge is 0.353 e. The minimum atomic E-state index is -4.44. The topological polar surface area (TPSA) is 57.7 Å². The first-order chi connectivity index (χ1) is 11.9. The van der Waals surface area contributed by atoms with Crippen molar-refractivity contribution in [1.29, 1.82) is 5.26 Å². The third-order valence-corrected chi connectivity index (χ3v) is 4.56. The van der Waals surface area contributed by atoms with Crippen LogP contribution < -0.4 is 4.90 Å². The lowest BCUT2D eigenvalue weighted by atomic mass is 9.94. The Balaban J connectivity index is 1.94. The van der Waals surface area contributed by atoms with Gasteiger partial charge < -0.3 is 4.90 Å². The van der Waals surface area contributed by atoms with Gasteiger partial charge in [0.15, 0.2) is 5.82 Å². The van der Waals surface area contributed by atoms with Gasteiger partial charge in [0.1, 0.15) is 6.07 Å². The van der Waals surface area contributed by atoms with E-state index in [2.05, 4.69) is 10.2 Å². The SMILES string of the molecule is CN(c1nn(-c2cccc(C(F)(F)F)c2)nc1C#N)C1CCCCC1. The van der Waals surface area contributed by atoms with Crippen molar-refractivity contribution in [2.45, 2.75) is 44.3 Å². The zero-order valence-electron chi connectivity index (χ0n) is 13.8. The van der Waals surface area contributed by atoms with E-state index in [1.807, 2.05) is 18.0 Å². The summed E-state index contributed by atoms with van der Waals surface area (Å²) < 4.78 is 38.7. The number of anilines is 1. The summed E-state index contributed by atoms with van der Waals surface area (Å²) in [7, 11) is 1.86. The van der Waals surface area contributed by atoms with Crippen molar-refractivity contribution in [3.8, 4) is 11.8 Å². The zero-order valence-corrected chi connectivity index (χ0v) is 13.8. The predicted octanol–water partition coefficient (Wildman–Crippen LogP) is 3.93. The number of alkyl halides is 3. The van der Waals surface area contributed by atoms with E-state index in [0.717, 1.165) is 42.6 Å². The van der Waals surface area contributed by atoms with E-state index in [4.69, 9.17) is 0 Å². The predicted molar refractivity (Wildman–Crippen MR) is 86.4 cm³/mol. The van der Waals surface area contributed by atoms with Crippen molar-refractivity contribution in [2.24, 2.45) is 0 Å². The molecule has 1 aliphatic carbocycles. The van der Waals surface area contributed by atoms with Gasteiger partial charge in [0.05, 0.1) is 11.3 Å². The molecule has 0 spiro atoms. The number of hydrogen-bond acceptors (Lipinski definition) is 4. The third-order valence-electron chi connectivity index (χ3n) is 4.56. The average Bonchev–Trinajstić information content (AvgIpc) is 3.05. The second kappa shape index (κ2) is 6.75. The van der Waals surface area contributed by atoms with E-state index in [9.17, 15) is 18.4 Å². The van der Waals surface area contributed by atoms with Crippen LogP contribution in [0.25, 0.3) is 5.69 Å². The molecular formula is C17H18F3N5. The van der Waals surface area contributed by atoms with Crippen molar-refractivity contribution in [3.63, 3.8) is 0 Å². The Morgan fingerprint density at radius 3 is 2.56 bits per heavy atom. The van der Waals surface area contributed by atoms with Crippen LogP contribution in [0.5, 0.6) is 0 Å². The Kier molecular flexibility index (Phi) is 4.66. The lowest BCUT2D eigenvalue weighted by Gasteiger charge is -2.31. The highest BCUT2D eigenvalue weighted by molar-refractivity contribution is 5.50. The fourth-order valence-electron chi connectivity index (χ4n) is 3.17. The Bertz CT molecular complexity index is 784. The van der Waals surface area contributed by atoms with Gasteiger partial charge in [-0.1, -0.05) is 25.3 Å². The summed E-state index contributed by atoms with van der Waals surface area (Å²) in [5.41, 5.74) is -0.483. The van der Waals surface area contributed by atoms with Gasteiger partial charge in [0, 0.05) is 13.1 Å². The number of aromatic nitrogens is 3. The highest BCUT2D eigenvalue weighted by atomic mass is 19.4. The molecule has 2 aromatic rings. The zero-order chi connectivity index (χ0) is 18.0. The maximum absolute atomic E-state index is 12.9. The molecule has 0 N–H and O–H groups in total. The van der Waals surface area contributed by atoms with Crippen molar-refractivity contribution in [2.75, 3.05) is 11.9 Å². The van der Waals surface area contributed by atoms with E-state index in [1.54, 1.807) is 0 Å². The van der Waals surface area contributed by atoms with Crippen molar-refractivity contribution in [1.82, 2.24) is 15.0 Å². The van der Waals surface area contributed by atoms with Crippen LogP contribution in [0.4, 0.5) is 19.0 Å². The highest BCUT2D eigenvalue weighted by Crippen LogP contribution is 2.31. The first-order valence-electron chi connectivity index (χ1n) is 8.18. The lowest BCUT2D eigenvalue weighted by Crippen LogP contribution is -2.34. The van der Waals surface area contributed by atoms with Gasteiger partial charge >= 0.3 is 6.18 Å². The molecule has 1 aliphatic rings. The maximum atomic E-state index is 12.9. The standard InChI is InChI=1S/C17H18F3N5/c1-24(13-7-3-2-4-8-13)16-15(11-21)22-25(23-16)14-9-5-6-12(10-14)17(18,19)20/h5-6,9-10,13H,2-4,7-8H2,1H3. The first-order valence-corrected chi connectivity index (χ1v) is 8.18. The summed E-state index contributed by atoms with van der Waals surface area (Å²) in [6.45, 7) is 0. The Morgan fingerprint density at radius 2 is 1.92 bits per heavy atom. The van der Waals surface area contributed by atoms with E-state index >= 15 is 0 Å². The van der Waals surface area contributed by atoms with Crippen LogP contribution in [-0.2, 0) is 6.18 Å². The molecule has 0 saturated heterocycles. The van der Waals surface area contributed by atoms with Gasteiger partial charge in [-0.15, -0.1) is 15.0 Å². The minimum absolute atomic E-state index is 0.116. The monoisotopic (exact) mass is 349 g/mol. The number of rotatable bonds is 3. The molecule has 0 bridgehead atoms. The largest absolute Gasteiger partial charge is 0.416 e. The molecule has 25 heavy (non-hydrogen) atoms. The van der Waals surface area contributed by atoms with Crippen LogP contribution in [0.15, 0.2) is 24.3 Å². The normalized spacial score (nSPS) is 15.8. The number of benzene rings is 1. The minimum Gasteiger partial charge on any atom is -0.353 e. The second-order valence-electron chi connectivity index (χ2n) is 6.22. The Labute approximate surface area is 143 Å². The maximum Gasteiger partial charge on any atom is 0.416 e. The molecule has 1 fully saturated rings. The molecule has 1 aromatic heterocycles. The van der Waals surface area contributed by atoms with E-state index in [1.165, 1.54) is 18.6 Å². The van der Waals surface area contributed by atoms with Crippen molar-refractivity contribution >= 4 is 5.82 Å². The fraction of sp³-hybridized carbons (Fsp3) is 0.471. The van der Waals surface area contributed by atoms with Gasteiger partial charge in [-0.05, 0) is 31.0 Å². The van der Waals surface area contributed by atoms with Crippen LogP contribution in [0.3, 0.4) is 0 Å². The van der Waals surface area contributed by atoms with Crippen LogP contribution in [0, 0.1) is 11.3 Å². The molecule has 1 heterocycles. The van der Waals surface area contributed by atoms with Crippen LogP contribution in [0.1, 0.15) is 43.4 Å². The van der Waals surface area contributed by atoms with Crippen molar-refractivity contribution < 1.29 is 13.2 Å². The molecule has 0 amide bonds. The molecule has 8 heteroatoms. The molecule has 1 aromatic carbocycles. The molecule has 1 saturated carbocycles. The van der Waals surface area contributed by atoms with Crippen LogP contribution in [0.2, 0.25) is 0 Å². The summed E-state index contributed by atoms with van der Waals surface area (Å²) in [6.07, 6.45) is 1.03. The van der Waals surface area contributed by atoms with Crippen molar-refractivity contribution in [3.05, 3.63) is 35.5 Å². The Morgan fingerprint density at radius 1 is 1.20 bits per heavy atom. The molecular weight excluding hydrogens is 331 g/mol. The highest BCUT2D eigenvalue weighted by Gasteiger charge is 2.31. The van der Waals surface area contributed by atoms with Gasteiger partial charge in [-0.25, -0.2) is 0 Å². The van der Waals surface area contributed by atoms with E-state index in [0.29, 0.717) is 5.82 Å².